The number of benzene rings is 1. The van der Waals surface area contributed by atoms with Gasteiger partial charge in [-0.2, -0.15) is 0 Å². The van der Waals surface area contributed by atoms with Crippen molar-refractivity contribution in [2.24, 2.45) is 5.92 Å². The van der Waals surface area contributed by atoms with Gasteiger partial charge in [0.25, 0.3) is 5.91 Å². The number of ether oxygens (including phenoxy) is 1. The van der Waals surface area contributed by atoms with Crippen molar-refractivity contribution in [2.75, 3.05) is 23.9 Å². The van der Waals surface area contributed by atoms with E-state index < -0.39 is 15.9 Å². The quantitative estimate of drug-likeness (QED) is 0.516. The van der Waals surface area contributed by atoms with Crippen LogP contribution in [-0.4, -0.2) is 44.9 Å². The highest BCUT2D eigenvalue weighted by Gasteiger charge is 2.33. The van der Waals surface area contributed by atoms with Crippen LogP contribution in [0.3, 0.4) is 0 Å². The fourth-order valence-electron chi connectivity index (χ4n) is 4.91. The summed E-state index contributed by atoms with van der Waals surface area (Å²) in [5.74, 6) is 0.666. The third kappa shape index (κ3) is 4.95. The maximum Gasteiger partial charge on any atom is 0.254 e. The van der Waals surface area contributed by atoms with Crippen molar-refractivity contribution in [1.29, 1.82) is 0 Å². The van der Waals surface area contributed by atoms with Gasteiger partial charge in [0, 0.05) is 21.9 Å². The highest BCUT2D eigenvalue weighted by atomic mass is 32.2. The molecule has 0 bridgehead atoms. The summed E-state index contributed by atoms with van der Waals surface area (Å²) < 4.78 is 34.6. The van der Waals surface area contributed by atoms with Gasteiger partial charge in [0.1, 0.15) is 16.3 Å². The van der Waals surface area contributed by atoms with Gasteiger partial charge >= 0.3 is 0 Å². The lowest BCUT2D eigenvalue weighted by Gasteiger charge is -2.19. The number of carbonyl (C=O) groups is 2. The van der Waals surface area contributed by atoms with E-state index in [4.69, 9.17) is 9.15 Å². The smallest absolute Gasteiger partial charge is 0.254 e. The van der Waals surface area contributed by atoms with Crippen LogP contribution in [0.5, 0.6) is 5.75 Å². The summed E-state index contributed by atoms with van der Waals surface area (Å²) in [5.41, 5.74) is 2.85. The van der Waals surface area contributed by atoms with Gasteiger partial charge in [0.15, 0.2) is 9.84 Å². The fraction of sp³-hybridized carbons (Fsp3) is 0.440. The predicted molar refractivity (Wildman–Crippen MR) is 135 cm³/mol. The number of hydrogen-bond donors (Lipinski definition) is 2. The van der Waals surface area contributed by atoms with Crippen molar-refractivity contribution in [3.63, 3.8) is 0 Å². The molecule has 2 N–H and O–H groups in total. The van der Waals surface area contributed by atoms with E-state index in [2.05, 4.69) is 17.6 Å². The topological polar surface area (TPSA) is 115 Å². The Morgan fingerprint density at radius 1 is 1.26 bits per heavy atom. The second kappa shape index (κ2) is 9.31. The van der Waals surface area contributed by atoms with E-state index in [1.54, 1.807) is 25.5 Å². The van der Waals surface area contributed by atoms with Crippen LogP contribution in [0.1, 0.15) is 46.1 Å². The van der Waals surface area contributed by atoms with Crippen LogP contribution in [0.15, 0.2) is 28.9 Å². The lowest BCUT2D eigenvalue weighted by Crippen LogP contribution is -2.36. The zero-order valence-electron chi connectivity index (χ0n) is 19.7. The van der Waals surface area contributed by atoms with Gasteiger partial charge in [-0.3, -0.25) is 9.59 Å². The first-order chi connectivity index (χ1) is 16.7. The molecule has 1 fully saturated rings. The molecule has 1 aliphatic carbocycles. The van der Waals surface area contributed by atoms with E-state index in [9.17, 15) is 18.0 Å². The second-order valence-electron chi connectivity index (χ2n) is 9.48. The fourth-order valence-corrected chi connectivity index (χ4v) is 8.01. The molecule has 2 amide bonds. The van der Waals surface area contributed by atoms with Gasteiger partial charge in [0.2, 0.25) is 5.91 Å². The van der Waals surface area contributed by atoms with E-state index >= 15 is 0 Å². The van der Waals surface area contributed by atoms with E-state index in [1.165, 1.54) is 11.3 Å². The molecule has 35 heavy (non-hydrogen) atoms. The van der Waals surface area contributed by atoms with Crippen LogP contribution >= 0.6 is 11.3 Å². The molecule has 0 radical (unpaired) electrons. The number of carbonyl (C=O) groups excluding carboxylic acids is 2. The molecule has 5 rings (SSSR count). The van der Waals surface area contributed by atoms with Gasteiger partial charge < -0.3 is 19.8 Å². The molecule has 1 aliphatic heterocycles. The maximum atomic E-state index is 13.3. The lowest BCUT2D eigenvalue weighted by atomic mass is 9.88. The molecule has 3 heterocycles. The normalized spacial score (nSPS) is 21.0. The largest absolute Gasteiger partial charge is 0.497 e. The summed E-state index contributed by atoms with van der Waals surface area (Å²) >= 11 is 1.45. The Morgan fingerprint density at radius 3 is 2.83 bits per heavy atom. The minimum absolute atomic E-state index is 0.0409. The molecule has 2 atom stereocenters. The van der Waals surface area contributed by atoms with Crippen molar-refractivity contribution in [3.8, 4) is 5.75 Å². The Bertz CT molecular complexity index is 1400. The monoisotopic (exact) mass is 516 g/mol. The number of furan rings is 1. The molecule has 1 aromatic carbocycles. The first-order valence-electron chi connectivity index (χ1n) is 11.7. The van der Waals surface area contributed by atoms with Crippen LogP contribution < -0.4 is 15.4 Å². The molecule has 2 unspecified atom stereocenters. The number of amides is 2. The van der Waals surface area contributed by atoms with Crippen LogP contribution in [0.4, 0.5) is 5.00 Å². The van der Waals surface area contributed by atoms with Gasteiger partial charge in [-0.15, -0.1) is 11.3 Å². The molecule has 0 saturated carbocycles. The first-order valence-corrected chi connectivity index (χ1v) is 14.4. The Kier molecular flexibility index (Phi) is 6.35. The number of hydrogen-bond acceptors (Lipinski definition) is 7. The number of sulfone groups is 1. The summed E-state index contributed by atoms with van der Waals surface area (Å²) in [6.45, 7) is 2.18. The van der Waals surface area contributed by atoms with Crippen LogP contribution in [-0.2, 0) is 33.9 Å². The molecule has 2 aromatic heterocycles. The molecule has 10 heteroatoms. The van der Waals surface area contributed by atoms with E-state index in [1.807, 2.05) is 6.07 Å². The molecule has 186 valence electrons. The van der Waals surface area contributed by atoms with Gasteiger partial charge in [0.05, 0.1) is 36.9 Å². The Labute approximate surface area is 207 Å². The summed E-state index contributed by atoms with van der Waals surface area (Å²) in [5, 5.41) is 7.20. The standard InChI is InChI=1S/C25H28N2O6S2/c1-14-3-5-18-21(9-14)34-25(23(18)24(29)26-16-7-8-35(30,31)13-16)27-22(28)10-15-12-33-20-6-4-17(32-2)11-19(15)20/h4,6,11-12,14,16H,3,5,7-10,13H2,1-2H3,(H,26,29)(H,27,28). The van der Waals surface area contributed by atoms with E-state index in [0.717, 1.165) is 40.7 Å². The number of fused-ring (bicyclic) bond motifs is 2. The SMILES string of the molecule is COc1ccc2occ(CC(=O)Nc3sc4c(c3C(=O)NC3CCS(=O)(=O)C3)CCC(C)C4)c2c1. The Morgan fingerprint density at radius 2 is 2.09 bits per heavy atom. The lowest BCUT2D eigenvalue weighted by molar-refractivity contribution is -0.115. The highest BCUT2D eigenvalue weighted by molar-refractivity contribution is 7.91. The summed E-state index contributed by atoms with van der Waals surface area (Å²) in [7, 11) is -1.53. The third-order valence-corrected chi connectivity index (χ3v) is 9.71. The third-order valence-electron chi connectivity index (χ3n) is 6.77. The number of thiophene rings is 1. The van der Waals surface area contributed by atoms with Crippen molar-refractivity contribution in [3.05, 3.63) is 46.0 Å². The summed E-state index contributed by atoms with van der Waals surface area (Å²) in [6.07, 6.45) is 4.66. The van der Waals surface area contributed by atoms with Crippen molar-refractivity contribution in [2.45, 2.75) is 45.1 Å². The number of nitrogens with one attached hydrogen (secondary N) is 2. The second-order valence-corrected chi connectivity index (χ2v) is 12.8. The molecular weight excluding hydrogens is 488 g/mol. The van der Waals surface area contributed by atoms with Gasteiger partial charge in [-0.25, -0.2) is 8.42 Å². The summed E-state index contributed by atoms with van der Waals surface area (Å²) in [6, 6.07) is 5.03. The average Bonchev–Trinajstić information content (AvgIpc) is 3.47. The average molecular weight is 517 g/mol. The van der Waals surface area contributed by atoms with Gasteiger partial charge in [-0.05, 0) is 55.4 Å². The van der Waals surface area contributed by atoms with Crippen LogP contribution in [0.2, 0.25) is 0 Å². The van der Waals surface area contributed by atoms with Crippen LogP contribution in [0.25, 0.3) is 11.0 Å². The molecule has 8 nitrogen and oxygen atoms in total. The van der Waals surface area contributed by atoms with Crippen LogP contribution in [0, 0.1) is 5.92 Å². The zero-order chi connectivity index (χ0) is 24.7. The maximum absolute atomic E-state index is 13.3. The van der Waals surface area contributed by atoms with E-state index in [0.29, 0.717) is 34.2 Å². The Balaban J connectivity index is 1.39. The van der Waals surface area contributed by atoms with Crippen molar-refractivity contribution < 1.29 is 27.2 Å². The molecule has 2 aliphatic rings. The Hall–Kier alpha value is -2.85. The highest BCUT2D eigenvalue weighted by Crippen LogP contribution is 2.40. The van der Waals surface area contributed by atoms with Crippen molar-refractivity contribution >= 4 is 49.0 Å². The molecule has 3 aromatic rings. The van der Waals surface area contributed by atoms with Gasteiger partial charge in [-0.1, -0.05) is 6.92 Å². The molecular formula is C25H28N2O6S2. The minimum Gasteiger partial charge on any atom is -0.497 e. The first kappa shape index (κ1) is 23.9. The predicted octanol–water partition coefficient (Wildman–Crippen LogP) is 3.73. The number of anilines is 1. The van der Waals surface area contributed by atoms with E-state index in [-0.39, 0.29) is 29.7 Å². The number of methoxy groups -OCH3 is 1. The number of rotatable bonds is 6. The zero-order valence-corrected chi connectivity index (χ0v) is 21.3. The summed E-state index contributed by atoms with van der Waals surface area (Å²) in [4.78, 5) is 27.5. The molecule has 0 spiro atoms. The minimum atomic E-state index is -3.12. The molecule has 1 saturated heterocycles. The van der Waals surface area contributed by atoms with Crippen molar-refractivity contribution in [1.82, 2.24) is 5.32 Å².